The number of amides is 1. The molecule has 3 aromatic rings. The van der Waals surface area contributed by atoms with Crippen molar-refractivity contribution in [2.45, 2.75) is 11.8 Å². The molecule has 0 atom stereocenters. The molecule has 3 rings (SSSR count). The lowest BCUT2D eigenvalue weighted by molar-refractivity contribution is -0.118. The van der Waals surface area contributed by atoms with Crippen LogP contribution in [-0.2, 0) is 14.8 Å². The first-order chi connectivity index (χ1) is 14.8. The minimum absolute atomic E-state index is 0.0887. The summed E-state index contributed by atoms with van der Waals surface area (Å²) >= 11 is 3.37. The quantitative estimate of drug-likeness (QED) is 0.468. The maximum absolute atomic E-state index is 12.7. The molecule has 31 heavy (non-hydrogen) atoms. The van der Waals surface area contributed by atoms with E-state index in [0.29, 0.717) is 28.4 Å². The molecule has 0 aliphatic carbocycles. The van der Waals surface area contributed by atoms with Gasteiger partial charge in [0.15, 0.2) is 6.61 Å². The Kier molecular flexibility index (Phi) is 7.19. The van der Waals surface area contributed by atoms with Gasteiger partial charge in [-0.25, -0.2) is 8.42 Å². The van der Waals surface area contributed by atoms with Gasteiger partial charge in [-0.15, -0.1) is 0 Å². The van der Waals surface area contributed by atoms with Crippen LogP contribution in [0, 0.1) is 6.92 Å². The van der Waals surface area contributed by atoms with Crippen LogP contribution < -0.4 is 19.5 Å². The van der Waals surface area contributed by atoms with Crippen LogP contribution in [0.25, 0.3) is 0 Å². The topological polar surface area (TPSA) is 93.7 Å². The Hall–Kier alpha value is -3.04. The average molecular weight is 505 g/mol. The number of aryl methyl sites for hydroxylation is 1. The zero-order chi connectivity index (χ0) is 22.4. The fourth-order valence-electron chi connectivity index (χ4n) is 2.72. The second kappa shape index (κ2) is 9.84. The third-order valence-electron chi connectivity index (χ3n) is 4.31. The van der Waals surface area contributed by atoms with Crippen LogP contribution >= 0.6 is 15.9 Å². The van der Waals surface area contributed by atoms with Gasteiger partial charge in [0.25, 0.3) is 15.9 Å². The molecule has 0 radical (unpaired) electrons. The Balaban J connectivity index is 1.64. The Labute approximate surface area is 189 Å². The van der Waals surface area contributed by atoms with Gasteiger partial charge in [-0.2, -0.15) is 0 Å². The zero-order valence-electron chi connectivity index (χ0n) is 16.9. The standard InChI is InChI=1S/C22H21BrN2O5S/c1-15-13-18(31(27,28)25-16-7-9-17(29-2)10-8-16)11-12-21(15)30-14-22(26)24-20-6-4-3-5-19(20)23/h3-13,25H,14H2,1-2H3,(H,24,26). The number of hydrogen-bond acceptors (Lipinski definition) is 5. The van der Waals surface area contributed by atoms with Crippen LogP contribution in [0.15, 0.2) is 76.1 Å². The molecule has 3 aromatic carbocycles. The number of methoxy groups -OCH3 is 1. The van der Waals surface area contributed by atoms with E-state index in [-0.39, 0.29) is 17.4 Å². The number of anilines is 2. The first-order valence-electron chi connectivity index (χ1n) is 9.23. The van der Waals surface area contributed by atoms with Crippen molar-refractivity contribution >= 4 is 43.2 Å². The van der Waals surface area contributed by atoms with Crippen molar-refractivity contribution < 1.29 is 22.7 Å². The highest BCUT2D eigenvalue weighted by Gasteiger charge is 2.16. The molecule has 2 N–H and O–H groups in total. The summed E-state index contributed by atoms with van der Waals surface area (Å²) in [6.45, 7) is 1.51. The van der Waals surface area contributed by atoms with E-state index in [9.17, 15) is 13.2 Å². The summed E-state index contributed by atoms with van der Waals surface area (Å²) in [5, 5.41) is 2.75. The third kappa shape index (κ3) is 5.99. The van der Waals surface area contributed by atoms with Gasteiger partial charge in [0, 0.05) is 10.2 Å². The lowest BCUT2D eigenvalue weighted by Crippen LogP contribution is -2.20. The van der Waals surface area contributed by atoms with E-state index in [1.807, 2.05) is 18.2 Å². The van der Waals surface area contributed by atoms with E-state index in [2.05, 4.69) is 26.0 Å². The van der Waals surface area contributed by atoms with Gasteiger partial charge in [-0.1, -0.05) is 12.1 Å². The first kappa shape index (κ1) is 22.6. The molecule has 1 amide bonds. The molecule has 9 heteroatoms. The van der Waals surface area contributed by atoms with E-state index in [1.165, 1.54) is 25.3 Å². The van der Waals surface area contributed by atoms with E-state index < -0.39 is 10.0 Å². The second-order valence-corrected chi connectivity index (χ2v) is 9.11. The van der Waals surface area contributed by atoms with Gasteiger partial charge in [0.2, 0.25) is 0 Å². The van der Waals surface area contributed by atoms with Crippen LogP contribution in [0.2, 0.25) is 0 Å². The molecule has 0 aliphatic heterocycles. The lowest BCUT2D eigenvalue weighted by atomic mass is 10.2. The van der Waals surface area contributed by atoms with Crippen molar-refractivity contribution in [2.24, 2.45) is 0 Å². The summed E-state index contributed by atoms with van der Waals surface area (Å²) in [4.78, 5) is 12.2. The number of carbonyl (C=O) groups excluding carboxylic acids is 1. The van der Waals surface area contributed by atoms with Gasteiger partial charge in [0.1, 0.15) is 11.5 Å². The number of carbonyl (C=O) groups is 1. The molecule has 0 aromatic heterocycles. The molecule has 0 aliphatic rings. The number of halogens is 1. The summed E-state index contributed by atoms with van der Waals surface area (Å²) in [5.74, 6) is 0.721. The van der Waals surface area contributed by atoms with Crippen LogP contribution in [0.3, 0.4) is 0 Å². The number of rotatable bonds is 8. The number of para-hydroxylation sites is 1. The smallest absolute Gasteiger partial charge is 0.262 e. The highest BCUT2D eigenvalue weighted by atomic mass is 79.9. The third-order valence-corrected chi connectivity index (χ3v) is 6.38. The minimum atomic E-state index is -3.78. The number of hydrogen-bond donors (Lipinski definition) is 2. The highest BCUT2D eigenvalue weighted by Crippen LogP contribution is 2.25. The molecular formula is C22H21BrN2O5S. The van der Waals surface area contributed by atoms with Crippen LogP contribution in [0.4, 0.5) is 11.4 Å². The van der Waals surface area contributed by atoms with Crippen LogP contribution in [-0.4, -0.2) is 28.0 Å². The number of sulfonamides is 1. The summed E-state index contributed by atoms with van der Waals surface area (Å²) in [6.07, 6.45) is 0. The van der Waals surface area contributed by atoms with E-state index >= 15 is 0 Å². The van der Waals surface area contributed by atoms with Gasteiger partial charge in [-0.05, 0) is 83.0 Å². The highest BCUT2D eigenvalue weighted by molar-refractivity contribution is 9.10. The van der Waals surface area contributed by atoms with Gasteiger partial charge in [-0.3, -0.25) is 9.52 Å². The predicted molar refractivity (Wildman–Crippen MR) is 123 cm³/mol. The number of benzene rings is 3. The van der Waals surface area contributed by atoms with Crippen LogP contribution in [0.5, 0.6) is 11.5 Å². The molecule has 0 saturated heterocycles. The largest absolute Gasteiger partial charge is 0.497 e. The molecule has 7 nitrogen and oxygen atoms in total. The zero-order valence-corrected chi connectivity index (χ0v) is 19.3. The summed E-state index contributed by atoms with van der Waals surface area (Å²) < 4.78 is 39.3. The summed E-state index contributed by atoms with van der Waals surface area (Å²) in [7, 11) is -2.24. The van der Waals surface area contributed by atoms with Crippen molar-refractivity contribution in [1.82, 2.24) is 0 Å². The molecule has 0 saturated carbocycles. The molecular weight excluding hydrogens is 484 g/mol. The maximum atomic E-state index is 12.7. The van der Waals surface area contributed by atoms with E-state index in [4.69, 9.17) is 9.47 Å². The van der Waals surface area contributed by atoms with Gasteiger partial charge >= 0.3 is 0 Å². The molecule has 0 heterocycles. The fourth-order valence-corrected chi connectivity index (χ4v) is 4.24. The first-order valence-corrected chi connectivity index (χ1v) is 11.5. The van der Waals surface area contributed by atoms with Crippen LogP contribution in [0.1, 0.15) is 5.56 Å². The van der Waals surface area contributed by atoms with E-state index in [0.717, 1.165) is 4.47 Å². The van der Waals surface area contributed by atoms with Crippen molar-refractivity contribution in [2.75, 3.05) is 23.8 Å². The average Bonchev–Trinajstić information content (AvgIpc) is 2.75. The molecule has 162 valence electrons. The molecule has 0 fully saturated rings. The SMILES string of the molecule is COc1ccc(NS(=O)(=O)c2ccc(OCC(=O)Nc3ccccc3Br)c(C)c2)cc1. The lowest BCUT2D eigenvalue weighted by Gasteiger charge is -2.13. The van der Waals surface area contributed by atoms with Gasteiger partial charge < -0.3 is 14.8 Å². The Morgan fingerprint density at radius 3 is 2.39 bits per heavy atom. The van der Waals surface area contributed by atoms with Crippen molar-refractivity contribution in [1.29, 1.82) is 0 Å². The van der Waals surface area contributed by atoms with Crippen molar-refractivity contribution in [3.63, 3.8) is 0 Å². The molecule has 0 bridgehead atoms. The Morgan fingerprint density at radius 2 is 1.74 bits per heavy atom. The van der Waals surface area contributed by atoms with Gasteiger partial charge in [0.05, 0.1) is 17.7 Å². The predicted octanol–water partition coefficient (Wildman–Crippen LogP) is 4.58. The monoisotopic (exact) mass is 504 g/mol. The molecule has 0 spiro atoms. The summed E-state index contributed by atoms with van der Waals surface area (Å²) in [6, 6.07) is 18.3. The fraction of sp³-hybridized carbons (Fsp3) is 0.136. The second-order valence-electron chi connectivity index (χ2n) is 6.58. The number of nitrogens with one attached hydrogen (secondary N) is 2. The Bertz CT molecular complexity index is 1180. The normalized spacial score (nSPS) is 10.9. The van der Waals surface area contributed by atoms with E-state index in [1.54, 1.807) is 37.3 Å². The van der Waals surface area contributed by atoms with Crippen molar-refractivity contribution in [3.05, 3.63) is 76.8 Å². The minimum Gasteiger partial charge on any atom is -0.497 e. The Morgan fingerprint density at radius 1 is 1.03 bits per heavy atom. The van der Waals surface area contributed by atoms with Crippen molar-refractivity contribution in [3.8, 4) is 11.5 Å². The molecule has 0 unspecified atom stereocenters. The maximum Gasteiger partial charge on any atom is 0.262 e. The number of ether oxygens (including phenoxy) is 2. The summed E-state index contributed by atoms with van der Waals surface area (Å²) in [5.41, 5.74) is 1.65.